The number of rotatable bonds is 6. The number of ether oxygens (including phenoxy) is 1. The first-order valence-electron chi connectivity index (χ1n) is 5.62. The number of carboxylic acids is 1. The maximum atomic E-state index is 10.9. The summed E-state index contributed by atoms with van der Waals surface area (Å²) in [5, 5.41) is 8.96. The summed E-state index contributed by atoms with van der Waals surface area (Å²) >= 11 is 0. The maximum absolute atomic E-state index is 10.9. The Kier molecular flexibility index (Phi) is 5.05. The smallest absolute Gasteiger partial charge is 0.308 e. The molecule has 0 aromatic rings. The second kappa shape index (κ2) is 6.08. The number of carboxylic acid groups (broad SMARTS) is 1. The number of methoxy groups -OCH3 is 1. The molecule has 2 unspecified atom stereocenters. The number of hydrogen-bond acceptors (Lipinski definition) is 3. The fourth-order valence-corrected chi connectivity index (χ4v) is 2.21. The Bertz CT molecular complexity index is 208. The van der Waals surface area contributed by atoms with Crippen molar-refractivity contribution in [1.29, 1.82) is 0 Å². The predicted octanol–water partition coefficient (Wildman–Crippen LogP) is 1.21. The number of nitrogens with zero attached hydrogens (tertiary/aromatic N) is 1. The maximum Gasteiger partial charge on any atom is 0.308 e. The van der Waals surface area contributed by atoms with Crippen LogP contribution in [0.5, 0.6) is 0 Å². The second-order valence-corrected chi connectivity index (χ2v) is 4.21. The van der Waals surface area contributed by atoms with E-state index in [2.05, 4.69) is 4.90 Å². The van der Waals surface area contributed by atoms with Gasteiger partial charge in [-0.25, -0.2) is 0 Å². The van der Waals surface area contributed by atoms with Gasteiger partial charge in [0.25, 0.3) is 0 Å². The summed E-state index contributed by atoms with van der Waals surface area (Å²) in [5.41, 5.74) is 0. The molecule has 0 aromatic carbocycles. The molecule has 0 aromatic heterocycles. The van der Waals surface area contributed by atoms with E-state index in [9.17, 15) is 4.79 Å². The van der Waals surface area contributed by atoms with Gasteiger partial charge in [-0.1, -0.05) is 0 Å². The van der Waals surface area contributed by atoms with E-state index in [0.29, 0.717) is 0 Å². The van der Waals surface area contributed by atoms with E-state index in [1.807, 2.05) is 6.92 Å². The Hall–Kier alpha value is -0.610. The minimum atomic E-state index is -0.651. The van der Waals surface area contributed by atoms with Crippen LogP contribution in [-0.2, 0) is 9.53 Å². The van der Waals surface area contributed by atoms with Crippen LogP contribution < -0.4 is 0 Å². The molecule has 4 nitrogen and oxygen atoms in total. The lowest BCUT2D eigenvalue weighted by atomic mass is 10.0. The lowest BCUT2D eigenvalue weighted by Gasteiger charge is -2.22. The minimum absolute atomic E-state index is 0.174. The van der Waals surface area contributed by atoms with Gasteiger partial charge in [-0.15, -0.1) is 0 Å². The summed E-state index contributed by atoms with van der Waals surface area (Å²) < 4.78 is 4.98. The monoisotopic (exact) mass is 215 g/mol. The van der Waals surface area contributed by atoms with Gasteiger partial charge in [0.1, 0.15) is 0 Å². The van der Waals surface area contributed by atoms with Crippen molar-refractivity contribution >= 4 is 5.97 Å². The highest BCUT2D eigenvalue weighted by Gasteiger charge is 2.34. The van der Waals surface area contributed by atoms with Crippen LogP contribution >= 0.6 is 0 Å². The van der Waals surface area contributed by atoms with Crippen molar-refractivity contribution in [1.82, 2.24) is 4.90 Å². The number of unbranched alkanes of at least 4 members (excludes halogenated alkanes) is 1. The molecule has 2 atom stereocenters. The molecule has 1 aliphatic heterocycles. The van der Waals surface area contributed by atoms with Crippen LogP contribution in [-0.4, -0.2) is 48.8 Å². The fourth-order valence-electron chi connectivity index (χ4n) is 2.21. The summed E-state index contributed by atoms with van der Waals surface area (Å²) in [5.74, 6) is -0.825. The Labute approximate surface area is 91.2 Å². The van der Waals surface area contributed by atoms with Crippen LogP contribution in [0.2, 0.25) is 0 Å². The molecule has 0 spiro atoms. The Morgan fingerprint density at radius 3 is 2.80 bits per heavy atom. The van der Waals surface area contributed by atoms with Crippen molar-refractivity contribution < 1.29 is 14.6 Å². The summed E-state index contributed by atoms with van der Waals surface area (Å²) in [6, 6.07) is 0.185. The van der Waals surface area contributed by atoms with Gasteiger partial charge in [0.15, 0.2) is 0 Å². The molecule has 0 amide bonds. The first-order chi connectivity index (χ1) is 7.16. The number of hydrogen-bond donors (Lipinski definition) is 1. The molecule has 1 saturated heterocycles. The normalized spacial score (nSPS) is 27.1. The molecule has 1 aliphatic rings. The van der Waals surface area contributed by atoms with Crippen LogP contribution in [0.4, 0.5) is 0 Å². The lowest BCUT2D eigenvalue weighted by Crippen LogP contribution is -2.33. The topological polar surface area (TPSA) is 49.8 Å². The average Bonchev–Trinajstić information content (AvgIpc) is 2.55. The van der Waals surface area contributed by atoms with Gasteiger partial charge in [0.05, 0.1) is 5.92 Å². The predicted molar refractivity (Wildman–Crippen MR) is 57.9 cm³/mol. The van der Waals surface area contributed by atoms with E-state index in [4.69, 9.17) is 9.84 Å². The molecule has 0 bridgehead atoms. The van der Waals surface area contributed by atoms with Crippen molar-refractivity contribution in [3.63, 3.8) is 0 Å². The van der Waals surface area contributed by atoms with Gasteiger partial charge < -0.3 is 9.84 Å². The Morgan fingerprint density at radius 1 is 1.53 bits per heavy atom. The van der Waals surface area contributed by atoms with Gasteiger partial charge in [-0.05, 0) is 39.3 Å². The first-order valence-corrected chi connectivity index (χ1v) is 5.62. The molecule has 88 valence electrons. The molecular formula is C11H21NO3. The van der Waals surface area contributed by atoms with Crippen molar-refractivity contribution in [3.8, 4) is 0 Å². The van der Waals surface area contributed by atoms with E-state index in [-0.39, 0.29) is 12.0 Å². The van der Waals surface area contributed by atoms with Crippen LogP contribution in [0.3, 0.4) is 0 Å². The van der Waals surface area contributed by atoms with E-state index >= 15 is 0 Å². The van der Waals surface area contributed by atoms with Crippen LogP contribution in [0.25, 0.3) is 0 Å². The van der Waals surface area contributed by atoms with Crippen molar-refractivity contribution in [2.24, 2.45) is 5.92 Å². The average molecular weight is 215 g/mol. The van der Waals surface area contributed by atoms with Crippen molar-refractivity contribution in [2.75, 3.05) is 26.8 Å². The van der Waals surface area contributed by atoms with Gasteiger partial charge in [-0.3, -0.25) is 9.69 Å². The number of likely N-dealkylation sites (tertiary alicyclic amines) is 1. The van der Waals surface area contributed by atoms with Crippen LogP contribution in [0.15, 0.2) is 0 Å². The molecule has 1 N–H and O–H groups in total. The molecule has 0 saturated carbocycles. The molecule has 15 heavy (non-hydrogen) atoms. The number of carbonyl (C=O) groups is 1. The van der Waals surface area contributed by atoms with E-state index < -0.39 is 5.97 Å². The molecule has 1 fully saturated rings. The Morgan fingerprint density at radius 2 is 2.27 bits per heavy atom. The molecular weight excluding hydrogens is 194 g/mol. The van der Waals surface area contributed by atoms with Gasteiger partial charge in [0, 0.05) is 19.8 Å². The van der Waals surface area contributed by atoms with Gasteiger partial charge >= 0.3 is 5.97 Å². The van der Waals surface area contributed by atoms with Crippen molar-refractivity contribution in [3.05, 3.63) is 0 Å². The first kappa shape index (κ1) is 12.5. The fraction of sp³-hybridized carbons (Fsp3) is 0.909. The second-order valence-electron chi connectivity index (χ2n) is 4.21. The Balaban J connectivity index is 2.24. The van der Waals surface area contributed by atoms with Gasteiger partial charge in [-0.2, -0.15) is 0 Å². The highest BCUT2D eigenvalue weighted by Crippen LogP contribution is 2.24. The third kappa shape index (κ3) is 3.47. The largest absolute Gasteiger partial charge is 0.481 e. The van der Waals surface area contributed by atoms with Crippen LogP contribution in [0, 0.1) is 5.92 Å². The highest BCUT2D eigenvalue weighted by molar-refractivity contribution is 5.71. The van der Waals surface area contributed by atoms with E-state index in [0.717, 1.165) is 39.0 Å². The zero-order valence-corrected chi connectivity index (χ0v) is 9.61. The third-order valence-corrected chi connectivity index (χ3v) is 3.25. The number of aliphatic carboxylic acids is 1. The van der Waals surface area contributed by atoms with Crippen LogP contribution in [0.1, 0.15) is 26.2 Å². The van der Waals surface area contributed by atoms with Gasteiger partial charge in [0.2, 0.25) is 0 Å². The third-order valence-electron chi connectivity index (χ3n) is 3.25. The summed E-state index contributed by atoms with van der Waals surface area (Å²) in [6.07, 6.45) is 2.93. The minimum Gasteiger partial charge on any atom is -0.481 e. The standard InChI is InChI=1S/C11H21NO3/c1-9-10(11(13)14)5-7-12(9)6-3-4-8-15-2/h9-10H,3-8H2,1-2H3,(H,13,14). The molecule has 1 heterocycles. The molecule has 1 rings (SSSR count). The zero-order valence-electron chi connectivity index (χ0n) is 9.61. The molecule has 0 aliphatic carbocycles. The van der Waals surface area contributed by atoms with Crippen molar-refractivity contribution in [2.45, 2.75) is 32.2 Å². The van der Waals surface area contributed by atoms with E-state index in [1.54, 1.807) is 7.11 Å². The summed E-state index contributed by atoms with van der Waals surface area (Å²) in [4.78, 5) is 13.2. The van der Waals surface area contributed by atoms with E-state index in [1.165, 1.54) is 0 Å². The SMILES string of the molecule is COCCCCN1CCC(C(=O)O)C1C. The molecule has 4 heteroatoms. The lowest BCUT2D eigenvalue weighted by molar-refractivity contribution is -0.142. The summed E-state index contributed by atoms with van der Waals surface area (Å²) in [6.45, 7) is 4.73. The zero-order chi connectivity index (χ0) is 11.3. The highest BCUT2D eigenvalue weighted by atomic mass is 16.5. The summed E-state index contributed by atoms with van der Waals surface area (Å²) in [7, 11) is 1.71. The quantitative estimate of drug-likeness (QED) is 0.677. The molecule has 0 radical (unpaired) electrons.